The predicted molar refractivity (Wildman–Crippen MR) is 109 cm³/mol. The van der Waals surface area contributed by atoms with Crippen LogP contribution in [0.3, 0.4) is 0 Å². The number of Topliss-reactive ketones (excluding diaryl/α,β-unsaturated/α-hetero) is 1. The number of carbonyl (C=O) groups is 2. The molecule has 0 unspecified atom stereocenters. The van der Waals surface area contributed by atoms with Crippen LogP contribution < -0.4 is 0 Å². The van der Waals surface area contributed by atoms with E-state index in [1.54, 1.807) is 32.3 Å². The van der Waals surface area contributed by atoms with Crippen molar-refractivity contribution in [1.29, 1.82) is 0 Å². The highest BCUT2D eigenvalue weighted by Gasteiger charge is 2.34. The smallest absolute Gasteiger partial charge is 0.346 e. The molecule has 0 aromatic carbocycles. The zero-order chi connectivity index (χ0) is 20.4. The van der Waals surface area contributed by atoms with Gasteiger partial charge < -0.3 is 14.5 Å². The van der Waals surface area contributed by atoms with E-state index >= 15 is 0 Å². The summed E-state index contributed by atoms with van der Waals surface area (Å²) in [5, 5.41) is 1.01. The van der Waals surface area contributed by atoms with Gasteiger partial charge in [0.25, 0.3) is 0 Å². The number of pyridine rings is 1. The lowest BCUT2D eigenvalue weighted by atomic mass is 10.1. The highest BCUT2D eigenvalue weighted by molar-refractivity contribution is 6.26. The molecule has 7 heteroatoms. The number of aromatic nitrogens is 2. The van der Waals surface area contributed by atoms with Crippen molar-refractivity contribution in [3.05, 3.63) is 71.4 Å². The Balaban J connectivity index is 1.64. The number of allylic oxidation sites excluding steroid dienone is 4. The van der Waals surface area contributed by atoms with E-state index in [1.165, 1.54) is 0 Å². The molecular formula is C22H19N3O4. The summed E-state index contributed by atoms with van der Waals surface area (Å²) >= 11 is 0. The topological polar surface area (TPSA) is 93.6 Å². The third-order valence-corrected chi connectivity index (χ3v) is 4.35. The maximum atomic E-state index is 12.3. The number of H-pyrrole nitrogens is 1. The van der Waals surface area contributed by atoms with Crippen LogP contribution in [-0.4, -0.2) is 40.1 Å². The molecule has 0 fully saturated rings. The molecule has 29 heavy (non-hydrogen) atoms. The number of nitrogens with zero attached hydrogens (tertiary/aromatic N) is 2. The zero-order valence-corrected chi connectivity index (χ0v) is 16.0. The number of aliphatic imine (C=N–C) groups is 1. The summed E-state index contributed by atoms with van der Waals surface area (Å²) in [7, 11) is 0. The van der Waals surface area contributed by atoms with Gasteiger partial charge in [-0.3, -0.25) is 9.79 Å². The first-order chi connectivity index (χ1) is 14.0. The van der Waals surface area contributed by atoms with Gasteiger partial charge in [0, 0.05) is 29.5 Å². The van der Waals surface area contributed by atoms with E-state index in [1.807, 2.05) is 36.6 Å². The van der Waals surface area contributed by atoms with Crippen LogP contribution in [0.4, 0.5) is 0 Å². The fraction of sp³-hybridized carbons (Fsp3) is 0.182. The van der Waals surface area contributed by atoms with E-state index in [-0.39, 0.29) is 24.0 Å². The summed E-state index contributed by atoms with van der Waals surface area (Å²) in [5.74, 6) is -0.944. The van der Waals surface area contributed by atoms with Gasteiger partial charge >= 0.3 is 5.97 Å². The van der Waals surface area contributed by atoms with Crippen molar-refractivity contribution in [2.24, 2.45) is 4.99 Å². The molecule has 0 spiro atoms. The molecule has 2 aliphatic rings. The normalized spacial score (nSPS) is 17.8. The van der Waals surface area contributed by atoms with Gasteiger partial charge in [-0.25, -0.2) is 9.78 Å². The van der Waals surface area contributed by atoms with E-state index < -0.39 is 11.8 Å². The van der Waals surface area contributed by atoms with E-state index in [0.29, 0.717) is 5.71 Å². The summed E-state index contributed by atoms with van der Waals surface area (Å²) in [5.41, 5.74) is 3.00. The lowest BCUT2D eigenvalue weighted by molar-refractivity contribution is -0.143. The van der Waals surface area contributed by atoms with Crippen molar-refractivity contribution >= 4 is 34.6 Å². The number of fused-ring (bicyclic) bond motifs is 1. The maximum absolute atomic E-state index is 12.3. The van der Waals surface area contributed by atoms with E-state index in [0.717, 1.165) is 22.2 Å². The number of ether oxygens (including phenoxy) is 2. The second-order valence-electron chi connectivity index (χ2n) is 6.82. The van der Waals surface area contributed by atoms with Gasteiger partial charge in [0.1, 0.15) is 11.4 Å². The minimum atomic E-state index is -0.691. The minimum absolute atomic E-state index is 0.0920. The Hall–Kier alpha value is -3.74. The number of hydrogen-bond donors (Lipinski definition) is 1. The number of hydrogen-bond acceptors (Lipinski definition) is 6. The number of rotatable bonds is 4. The largest absolute Gasteiger partial charge is 0.482 e. The Morgan fingerprint density at radius 3 is 3.00 bits per heavy atom. The van der Waals surface area contributed by atoms with Gasteiger partial charge in [-0.15, -0.1) is 0 Å². The lowest BCUT2D eigenvalue weighted by Gasteiger charge is -2.08. The Morgan fingerprint density at radius 1 is 1.31 bits per heavy atom. The molecule has 0 aliphatic carbocycles. The molecule has 0 bridgehead atoms. The first-order valence-electron chi connectivity index (χ1n) is 9.21. The average Bonchev–Trinajstić information content (AvgIpc) is 3.19. The highest BCUT2D eigenvalue weighted by atomic mass is 16.5. The van der Waals surface area contributed by atoms with Crippen LogP contribution in [0.25, 0.3) is 17.1 Å². The average molecular weight is 389 g/mol. The molecule has 4 heterocycles. The molecule has 0 atom stereocenters. The monoisotopic (exact) mass is 389 g/mol. The van der Waals surface area contributed by atoms with Gasteiger partial charge in [-0.05, 0) is 49.8 Å². The predicted octanol–water partition coefficient (Wildman–Crippen LogP) is 3.28. The number of esters is 1. The Labute approximate surface area is 167 Å². The van der Waals surface area contributed by atoms with Crippen LogP contribution in [0.15, 0.2) is 70.9 Å². The van der Waals surface area contributed by atoms with E-state index in [4.69, 9.17) is 9.47 Å². The van der Waals surface area contributed by atoms with Crippen LogP contribution in [0.2, 0.25) is 0 Å². The number of nitrogens with one attached hydrogen (secondary N) is 1. The molecule has 146 valence electrons. The molecule has 2 aliphatic heterocycles. The molecule has 0 saturated heterocycles. The molecule has 0 saturated carbocycles. The van der Waals surface area contributed by atoms with Crippen LogP contribution in [0.5, 0.6) is 0 Å². The molecule has 2 aromatic rings. The second kappa shape index (κ2) is 7.71. The Kier molecular flexibility index (Phi) is 4.95. The maximum Gasteiger partial charge on any atom is 0.346 e. The number of carbonyl (C=O) groups excluding carboxylic acids is 2. The molecule has 1 N–H and O–H groups in total. The summed E-state index contributed by atoms with van der Waals surface area (Å²) in [6.45, 7) is 3.25. The van der Waals surface area contributed by atoms with Crippen molar-refractivity contribution < 1.29 is 19.1 Å². The van der Waals surface area contributed by atoms with Crippen molar-refractivity contribution in [2.75, 3.05) is 6.61 Å². The quantitative estimate of drug-likeness (QED) is 0.640. The summed E-state index contributed by atoms with van der Waals surface area (Å²) in [4.78, 5) is 36.2. The molecule has 2 aromatic heterocycles. The van der Waals surface area contributed by atoms with Crippen molar-refractivity contribution in [1.82, 2.24) is 9.97 Å². The lowest BCUT2D eigenvalue weighted by Crippen LogP contribution is -2.19. The first kappa shape index (κ1) is 18.6. The fourth-order valence-corrected chi connectivity index (χ4v) is 3.07. The van der Waals surface area contributed by atoms with Crippen molar-refractivity contribution in [3.8, 4) is 0 Å². The second-order valence-corrected chi connectivity index (χ2v) is 6.82. The van der Waals surface area contributed by atoms with E-state index in [2.05, 4.69) is 15.0 Å². The first-order valence-corrected chi connectivity index (χ1v) is 9.21. The fourth-order valence-electron chi connectivity index (χ4n) is 3.07. The van der Waals surface area contributed by atoms with E-state index in [9.17, 15) is 9.59 Å². The van der Waals surface area contributed by atoms with Crippen LogP contribution in [0, 0.1) is 0 Å². The Morgan fingerprint density at radius 2 is 2.17 bits per heavy atom. The SMILES string of the molecule is CC(C)OC(=O)C1=C(C2=NC=CC(=Cc3c[nH]c4ncccc34)C=C2)OCC1=O. The van der Waals surface area contributed by atoms with Crippen molar-refractivity contribution in [2.45, 2.75) is 20.0 Å². The third kappa shape index (κ3) is 3.80. The molecule has 0 amide bonds. The molecular weight excluding hydrogens is 370 g/mol. The highest BCUT2D eigenvalue weighted by Crippen LogP contribution is 2.24. The Bertz CT molecular complexity index is 1150. The van der Waals surface area contributed by atoms with Gasteiger partial charge in [0.15, 0.2) is 17.9 Å². The van der Waals surface area contributed by atoms with Gasteiger partial charge in [-0.1, -0.05) is 6.08 Å². The van der Waals surface area contributed by atoms with Crippen LogP contribution in [0.1, 0.15) is 19.4 Å². The standard InChI is InChI=1S/C22H19N3O4/c1-13(2)29-22(27)19-18(26)12-28-20(19)17-6-5-14(7-9-23-17)10-15-11-25-21-16(15)4-3-8-24-21/h3-11,13H,12H2,1-2H3,(H,24,25). The van der Waals surface area contributed by atoms with Gasteiger partial charge in [0.05, 0.1) is 6.10 Å². The van der Waals surface area contributed by atoms with Crippen LogP contribution in [-0.2, 0) is 19.1 Å². The minimum Gasteiger partial charge on any atom is -0.482 e. The number of aromatic amines is 1. The molecule has 4 rings (SSSR count). The van der Waals surface area contributed by atoms with Gasteiger partial charge in [-0.2, -0.15) is 0 Å². The van der Waals surface area contributed by atoms with Crippen molar-refractivity contribution in [3.63, 3.8) is 0 Å². The number of ketones is 1. The van der Waals surface area contributed by atoms with Crippen LogP contribution >= 0.6 is 0 Å². The molecule has 0 radical (unpaired) electrons. The summed E-state index contributed by atoms with van der Waals surface area (Å²) < 4.78 is 10.6. The summed E-state index contributed by atoms with van der Waals surface area (Å²) in [6.07, 6.45) is 12.3. The third-order valence-electron chi connectivity index (χ3n) is 4.35. The molecule has 7 nitrogen and oxygen atoms in total. The zero-order valence-electron chi connectivity index (χ0n) is 16.0. The van der Waals surface area contributed by atoms with Gasteiger partial charge in [0.2, 0.25) is 5.78 Å². The summed E-state index contributed by atoms with van der Waals surface area (Å²) in [6, 6.07) is 3.88.